The molecule has 0 aliphatic carbocycles. The molecule has 2 aliphatic rings. The summed E-state index contributed by atoms with van der Waals surface area (Å²) in [5.74, 6) is 1.60. The summed E-state index contributed by atoms with van der Waals surface area (Å²) in [6, 6.07) is 11.4. The summed E-state index contributed by atoms with van der Waals surface area (Å²) in [6.07, 6.45) is 4.61. The van der Waals surface area contributed by atoms with Gasteiger partial charge >= 0.3 is 0 Å². The molecule has 0 radical (unpaired) electrons. The van der Waals surface area contributed by atoms with Crippen molar-refractivity contribution >= 4 is 11.6 Å². The molecule has 0 spiro atoms. The molecular formula is C20H23N3O3. The lowest BCUT2D eigenvalue weighted by atomic mass is 10.0. The van der Waals surface area contributed by atoms with Crippen LogP contribution in [0, 0.1) is 0 Å². The van der Waals surface area contributed by atoms with Crippen LogP contribution < -0.4 is 4.74 Å². The smallest absolute Gasteiger partial charge is 0.257 e. The van der Waals surface area contributed by atoms with Crippen LogP contribution in [-0.2, 0) is 4.79 Å². The zero-order valence-corrected chi connectivity index (χ0v) is 14.9. The highest BCUT2D eigenvalue weighted by molar-refractivity contribution is 6.03. The fourth-order valence-electron chi connectivity index (χ4n) is 3.61. The van der Waals surface area contributed by atoms with Gasteiger partial charge in [0, 0.05) is 6.42 Å². The third-order valence-corrected chi connectivity index (χ3v) is 5.02. The molecule has 1 fully saturated rings. The zero-order chi connectivity index (χ0) is 17.9. The molecule has 1 aromatic heterocycles. The first kappa shape index (κ1) is 16.8. The van der Waals surface area contributed by atoms with Crippen LogP contribution in [0.2, 0.25) is 0 Å². The van der Waals surface area contributed by atoms with Crippen molar-refractivity contribution in [2.45, 2.75) is 25.3 Å². The number of likely N-dealkylation sites (tertiary alicyclic amines) is 1. The van der Waals surface area contributed by atoms with Gasteiger partial charge in [0.1, 0.15) is 17.6 Å². The van der Waals surface area contributed by atoms with E-state index in [4.69, 9.17) is 9.15 Å². The Morgan fingerprint density at radius 3 is 2.65 bits per heavy atom. The summed E-state index contributed by atoms with van der Waals surface area (Å²) in [7, 11) is 1.65. The Morgan fingerprint density at radius 1 is 1.23 bits per heavy atom. The van der Waals surface area contributed by atoms with Crippen molar-refractivity contribution in [3.05, 3.63) is 54.0 Å². The van der Waals surface area contributed by atoms with E-state index in [1.165, 1.54) is 0 Å². The van der Waals surface area contributed by atoms with E-state index in [-0.39, 0.29) is 11.9 Å². The van der Waals surface area contributed by atoms with Crippen LogP contribution in [0.5, 0.6) is 5.75 Å². The molecule has 2 aromatic rings. The number of benzene rings is 1. The van der Waals surface area contributed by atoms with Crippen LogP contribution in [0.4, 0.5) is 0 Å². The van der Waals surface area contributed by atoms with Crippen molar-refractivity contribution in [2.24, 2.45) is 5.10 Å². The summed E-state index contributed by atoms with van der Waals surface area (Å²) in [5, 5.41) is 6.27. The van der Waals surface area contributed by atoms with Gasteiger partial charge < -0.3 is 9.15 Å². The zero-order valence-electron chi connectivity index (χ0n) is 14.9. The number of methoxy groups -OCH3 is 1. The van der Waals surface area contributed by atoms with E-state index in [1.807, 2.05) is 36.4 Å². The first-order valence-corrected chi connectivity index (χ1v) is 9.04. The van der Waals surface area contributed by atoms with Crippen LogP contribution in [-0.4, -0.2) is 48.3 Å². The third kappa shape index (κ3) is 3.37. The summed E-state index contributed by atoms with van der Waals surface area (Å²) in [6.45, 7) is 2.39. The molecule has 2 aliphatic heterocycles. The summed E-state index contributed by atoms with van der Waals surface area (Å²) in [5.41, 5.74) is 1.89. The Labute approximate surface area is 153 Å². The highest BCUT2D eigenvalue weighted by Crippen LogP contribution is 2.33. The number of ether oxygens (including phenoxy) is 1. The van der Waals surface area contributed by atoms with Crippen LogP contribution in [0.3, 0.4) is 0 Å². The van der Waals surface area contributed by atoms with E-state index < -0.39 is 0 Å². The second-order valence-corrected chi connectivity index (χ2v) is 6.73. The minimum Gasteiger partial charge on any atom is -0.497 e. The number of nitrogens with zero attached hydrogens (tertiary/aromatic N) is 3. The lowest BCUT2D eigenvalue weighted by Crippen LogP contribution is -2.36. The highest BCUT2D eigenvalue weighted by atomic mass is 16.5. The van der Waals surface area contributed by atoms with Gasteiger partial charge in [-0.25, -0.2) is 5.01 Å². The fourth-order valence-corrected chi connectivity index (χ4v) is 3.61. The minimum atomic E-state index is -0.183. The van der Waals surface area contributed by atoms with Gasteiger partial charge in [0.05, 0.1) is 25.6 Å². The van der Waals surface area contributed by atoms with Crippen molar-refractivity contribution in [2.75, 3.05) is 26.7 Å². The maximum atomic E-state index is 12.9. The molecular weight excluding hydrogens is 330 g/mol. The molecule has 0 saturated carbocycles. The second-order valence-electron chi connectivity index (χ2n) is 6.73. The summed E-state index contributed by atoms with van der Waals surface area (Å²) < 4.78 is 10.8. The Hall–Kier alpha value is -2.60. The molecule has 1 aromatic carbocycles. The predicted octanol–water partition coefficient (Wildman–Crippen LogP) is 3.06. The fraction of sp³-hybridized carbons (Fsp3) is 0.400. The Balaban J connectivity index is 1.58. The van der Waals surface area contributed by atoms with E-state index in [9.17, 15) is 4.79 Å². The molecule has 6 nitrogen and oxygen atoms in total. The van der Waals surface area contributed by atoms with E-state index in [2.05, 4.69) is 10.0 Å². The topological polar surface area (TPSA) is 58.3 Å². The van der Waals surface area contributed by atoms with Gasteiger partial charge in [0.15, 0.2) is 0 Å². The number of carbonyl (C=O) groups is 1. The maximum absolute atomic E-state index is 12.9. The number of amides is 1. The third-order valence-electron chi connectivity index (χ3n) is 5.02. The number of rotatable bonds is 5. The normalized spacial score (nSPS) is 20.4. The van der Waals surface area contributed by atoms with Crippen LogP contribution in [0.1, 0.15) is 36.6 Å². The first-order chi connectivity index (χ1) is 12.7. The monoisotopic (exact) mass is 353 g/mol. The van der Waals surface area contributed by atoms with Crippen molar-refractivity contribution in [3.63, 3.8) is 0 Å². The molecule has 1 atom stereocenters. The van der Waals surface area contributed by atoms with Gasteiger partial charge in [0.2, 0.25) is 0 Å². The van der Waals surface area contributed by atoms with E-state index in [0.717, 1.165) is 48.7 Å². The molecule has 4 rings (SSSR count). The molecule has 3 heterocycles. The van der Waals surface area contributed by atoms with Crippen molar-refractivity contribution in [1.29, 1.82) is 0 Å². The quantitative estimate of drug-likeness (QED) is 0.829. The van der Waals surface area contributed by atoms with E-state index >= 15 is 0 Å². The Bertz CT molecular complexity index is 777. The predicted molar refractivity (Wildman–Crippen MR) is 98.1 cm³/mol. The Kier molecular flexibility index (Phi) is 4.75. The molecule has 1 amide bonds. The van der Waals surface area contributed by atoms with Crippen molar-refractivity contribution < 1.29 is 13.9 Å². The number of furan rings is 1. The number of hydrazone groups is 1. The number of hydrogen-bond donors (Lipinski definition) is 0. The largest absolute Gasteiger partial charge is 0.497 e. The molecule has 1 saturated heterocycles. The van der Waals surface area contributed by atoms with Crippen LogP contribution in [0.15, 0.2) is 52.2 Å². The van der Waals surface area contributed by atoms with E-state index in [0.29, 0.717) is 13.0 Å². The molecule has 0 unspecified atom stereocenters. The molecule has 136 valence electrons. The molecule has 0 bridgehead atoms. The van der Waals surface area contributed by atoms with E-state index in [1.54, 1.807) is 18.4 Å². The van der Waals surface area contributed by atoms with Gasteiger partial charge in [-0.1, -0.05) is 0 Å². The second kappa shape index (κ2) is 7.33. The lowest BCUT2D eigenvalue weighted by molar-refractivity contribution is -0.134. The lowest BCUT2D eigenvalue weighted by Gasteiger charge is -2.22. The van der Waals surface area contributed by atoms with Crippen molar-refractivity contribution in [3.8, 4) is 5.75 Å². The number of carbonyl (C=O) groups excluding carboxylic acids is 1. The van der Waals surface area contributed by atoms with Crippen LogP contribution in [0.25, 0.3) is 0 Å². The summed E-state index contributed by atoms with van der Waals surface area (Å²) >= 11 is 0. The van der Waals surface area contributed by atoms with Gasteiger partial charge in [-0.3, -0.25) is 9.69 Å². The standard InChI is InChI=1S/C20H23N3O3/c1-25-16-8-6-15(7-9-16)17-13-18(19-5-4-12-26-19)23(21-17)20(24)14-22-10-2-3-11-22/h4-9,12,18H,2-3,10-11,13-14H2,1H3/t18-/m1/s1. The van der Waals surface area contributed by atoms with Crippen LogP contribution >= 0.6 is 0 Å². The van der Waals surface area contributed by atoms with Gasteiger partial charge in [0.25, 0.3) is 5.91 Å². The first-order valence-electron chi connectivity index (χ1n) is 9.04. The van der Waals surface area contributed by atoms with Crippen molar-refractivity contribution in [1.82, 2.24) is 9.91 Å². The Morgan fingerprint density at radius 2 is 2.00 bits per heavy atom. The average Bonchev–Trinajstić information content (AvgIpc) is 3.42. The van der Waals surface area contributed by atoms with Gasteiger partial charge in [-0.15, -0.1) is 0 Å². The summed E-state index contributed by atoms with van der Waals surface area (Å²) in [4.78, 5) is 15.1. The molecule has 0 N–H and O–H groups in total. The SMILES string of the molecule is COc1ccc(C2=NN(C(=O)CN3CCCC3)[C@@H](c3ccco3)C2)cc1. The minimum absolute atomic E-state index is 0.0248. The molecule has 6 heteroatoms. The maximum Gasteiger partial charge on any atom is 0.257 e. The molecule has 26 heavy (non-hydrogen) atoms. The highest BCUT2D eigenvalue weighted by Gasteiger charge is 2.35. The van der Waals surface area contributed by atoms with Gasteiger partial charge in [-0.2, -0.15) is 5.10 Å². The average molecular weight is 353 g/mol. The van der Waals surface area contributed by atoms with Gasteiger partial charge in [-0.05, 0) is 67.9 Å². The number of hydrogen-bond acceptors (Lipinski definition) is 5.